The minimum absolute atomic E-state index is 0.0383. The topological polar surface area (TPSA) is 70.7 Å². The molecule has 6 heteroatoms. The third-order valence-corrected chi connectivity index (χ3v) is 4.24. The van der Waals surface area contributed by atoms with E-state index in [9.17, 15) is 9.59 Å². The number of anilines is 1. The average molecular weight is 317 g/mol. The standard InChI is InChI=1S/C17H23N3O3/c21-16(15-12-18-7-10-23-15)19-14-6-4-5-13(11-14)17(22)20-8-2-1-3-9-20/h4-6,11,15,18H,1-3,7-10,12H2,(H,19,21). The van der Waals surface area contributed by atoms with Crippen LogP contribution in [-0.2, 0) is 9.53 Å². The Labute approximate surface area is 136 Å². The third kappa shape index (κ3) is 4.09. The van der Waals surface area contributed by atoms with Gasteiger partial charge >= 0.3 is 0 Å². The minimum Gasteiger partial charge on any atom is -0.366 e. The third-order valence-electron chi connectivity index (χ3n) is 4.24. The van der Waals surface area contributed by atoms with Gasteiger partial charge in [-0.05, 0) is 37.5 Å². The van der Waals surface area contributed by atoms with Crippen LogP contribution in [0.4, 0.5) is 5.69 Å². The van der Waals surface area contributed by atoms with E-state index in [2.05, 4.69) is 10.6 Å². The van der Waals surface area contributed by atoms with Crippen LogP contribution >= 0.6 is 0 Å². The van der Waals surface area contributed by atoms with Crippen molar-refractivity contribution in [3.05, 3.63) is 29.8 Å². The fraction of sp³-hybridized carbons (Fsp3) is 0.529. The zero-order valence-electron chi connectivity index (χ0n) is 13.2. The Morgan fingerprint density at radius 2 is 2.04 bits per heavy atom. The minimum atomic E-state index is -0.481. The number of amides is 2. The predicted octanol–water partition coefficient (Wildman–Crippen LogP) is 1.24. The highest BCUT2D eigenvalue weighted by atomic mass is 16.5. The van der Waals surface area contributed by atoms with Crippen molar-refractivity contribution in [3.63, 3.8) is 0 Å². The highest BCUT2D eigenvalue weighted by molar-refractivity contribution is 5.98. The summed E-state index contributed by atoms with van der Waals surface area (Å²) in [4.78, 5) is 26.6. The lowest BCUT2D eigenvalue weighted by atomic mass is 10.1. The van der Waals surface area contributed by atoms with Gasteiger partial charge in [0.2, 0.25) is 0 Å². The summed E-state index contributed by atoms with van der Waals surface area (Å²) in [7, 11) is 0. The number of morpholine rings is 1. The molecule has 124 valence electrons. The zero-order valence-corrected chi connectivity index (χ0v) is 13.2. The first-order chi connectivity index (χ1) is 11.2. The lowest BCUT2D eigenvalue weighted by molar-refractivity contribution is -0.128. The van der Waals surface area contributed by atoms with E-state index in [-0.39, 0.29) is 11.8 Å². The predicted molar refractivity (Wildman–Crippen MR) is 87.4 cm³/mol. The molecule has 0 bridgehead atoms. The van der Waals surface area contributed by atoms with Crippen LogP contribution in [0.15, 0.2) is 24.3 Å². The van der Waals surface area contributed by atoms with Crippen molar-refractivity contribution in [1.82, 2.24) is 10.2 Å². The number of carbonyl (C=O) groups excluding carboxylic acids is 2. The molecule has 2 fully saturated rings. The summed E-state index contributed by atoms with van der Waals surface area (Å²) in [5.74, 6) is -0.142. The van der Waals surface area contributed by atoms with Crippen molar-refractivity contribution in [2.75, 3.05) is 38.1 Å². The Hall–Kier alpha value is -1.92. The second-order valence-corrected chi connectivity index (χ2v) is 5.99. The molecule has 0 spiro atoms. The van der Waals surface area contributed by atoms with Gasteiger partial charge in [0.15, 0.2) is 0 Å². The van der Waals surface area contributed by atoms with Gasteiger partial charge in [-0.25, -0.2) is 0 Å². The average Bonchev–Trinajstić information content (AvgIpc) is 2.63. The molecule has 2 aliphatic heterocycles. The molecule has 2 saturated heterocycles. The number of ether oxygens (including phenoxy) is 1. The molecular formula is C17H23N3O3. The molecule has 3 rings (SSSR count). The highest BCUT2D eigenvalue weighted by Gasteiger charge is 2.22. The van der Waals surface area contributed by atoms with E-state index in [1.54, 1.807) is 24.3 Å². The van der Waals surface area contributed by atoms with E-state index in [0.29, 0.717) is 24.4 Å². The van der Waals surface area contributed by atoms with Crippen LogP contribution in [0.1, 0.15) is 29.6 Å². The first kappa shape index (κ1) is 16.0. The van der Waals surface area contributed by atoms with Crippen molar-refractivity contribution in [1.29, 1.82) is 0 Å². The fourth-order valence-electron chi connectivity index (χ4n) is 2.97. The maximum Gasteiger partial charge on any atom is 0.254 e. The molecular weight excluding hydrogens is 294 g/mol. The van der Waals surface area contributed by atoms with Crippen LogP contribution in [-0.4, -0.2) is 55.6 Å². The Bertz CT molecular complexity index is 564. The number of nitrogens with zero attached hydrogens (tertiary/aromatic N) is 1. The lowest BCUT2D eigenvalue weighted by Gasteiger charge is -2.27. The maximum atomic E-state index is 12.5. The Morgan fingerprint density at radius 3 is 2.78 bits per heavy atom. The smallest absolute Gasteiger partial charge is 0.254 e. The van der Waals surface area contributed by atoms with Crippen LogP contribution < -0.4 is 10.6 Å². The van der Waals surface area contributed by atoms with Crippen LogP contribution in [0.5, 0.6) is 0 Å². The molecule has 2 heterocycles. The van der Waals surface area contributed by atoms with Gasteiger partial charge in [-0.15, -0.1) is 0 Å². The number of hydrogen-bond acceptors (Lipinski definition) is 4. The fourth-order valence-corrected chi connectivity index (χ4v) is 2.97. The molecule has 23 heavy (non-hydrogen) atoms. The Balaban J connectivity index is 1.64. The van der Waals surface area contributed by atoms with E-state index < -0.39 is 6.10 Å². The van der Waals surface area contributed by atoms with Crippen molar-refractivity contribution >= 4 is 17.5 Å². The second kappa shape index (κ2) is 7.57. The van der Waals surface area contributed by atoms with Gasteiger partial charge < -0.3 is 20.3 Å². The van der Waals surface area contributed by atoms with Gasteiger partial charge in [-0.1, -0.05) is 6.07 Å². The van der Waals surface area contributed by atoms with Crippen molar-refractivity contribution in [3.8, 4) is 0 Å². The number of carbonyl (C=O) groups is 2. The Morgan fingerprint density at radius 1 is 1.22 bits per heavy atom. The molecule has 1 atom stereocenters. The number of hydrogen-bond donors (Lipinski definition) is 2. The quantitative estimate of drug-likeness (QED) is 0.880. The maximum absolute atomic E-state index is 12.5. The van der Waals surface area contributed by atoms with Gasteiger partial charge in [-0.3, -0.25) is 9.59 Å². The first-order valence-electron chi connectivity index (χ1n) is 8.26. The number of rotatable bonds is 3. The second-order valence-electron chi connectivity index (χ2n) is 5.99. The molecule has 2 aliphatic rings. The van der Waals surface area contributed by atoms with Crippen molar-refractivity contribution in [2.24, 2.45) is 0 Å². The van der Waals surface area contributed by atoms with E-state index in [1.165, 1.54) is 6.42 Å². The van der Waals surface area contributed by atoms with Crippen molar-refractivity contribution in [2.45, 2.75) is 25.4 Å². The summed E-state index contributed by atoms with van der Waals surface area (Å²) in [6.07, 6.45) is 2.84. The van der Waals surface area contributed by atoms with Gasteiger partial charge in [0, 0.05) is 37.4 Å². The molecule has 0 radical (unpaired) electrons. The summed E-state index contributed by atoms with van der Waals surface area (Å²) in [5, 5.41) is 5.96. The zero-order chi connectivity index (χ0) is 16.1. The number of nitrogens with one attached hydrogen (secondary N) is 2. The monoisotopic (exact) mass is 317 g/mol. The normalized spacial score (nSPS) is 21.7. The number of benzene rings is 1. The lowest BCUT2D eigenvalue weighted by Crippen LogP contribution is -2.45. The van der Waals surface area contributed by atoms with Crippen LogP contribution in [0.25, 0.3) is 0 Å². The number of likely N-dealkylation sites (tertiary alicyclic amines) is 1. The summed E-state index contributed by atoms with van der Waals surface area (Å²) >= 11 is 0. The van der Waals surface area contributed by atoms with E-state index in [1.807, 2.05) is 4.90 Å². The van der Waals surface area contributed by atoms with Gasteiger partial charge in [-0.2, -0.15) is 0 Å². The largest absolute Gasteiger partial charge is 0.366 e. The van der Waals surface area contributed by atoms with E-state index in [0.717, 1.165) is 32.5 Å². The summed E-state index contributed by atoms with van der Waals surface area (Å²) < 4.78 is 5.44. The summed E-state index contributed by atoms with van der Waals surface area (Å²) in [6.45, 7) is 3.45. The molecule has 0 saturated carbocycles. The molecule has 1 aromatic carbocycles. The summed E-state index contributed by atoms with van der Waals surface area (Å²) in [5.41, 5.74) is 1.25. The van der Waals surface area contributed by atoms with Crippen LogP contribution in [0.3, 0.4) is 0 Å². The number of piperidine rings is 1. The molecule has 6 nitrogen and oxygen atoms in total. The molecule has 1 aromatic rings. The van der Waals surface area contributed by atoms with Crippen LogP contribution in [0.2, 0.25) is 0 Å². The molecule has 2 N–H and O–H groups in total. The highest BCUT2D eigenvalue weighted by Crippen LogP contribution is 2.17. The molecule has 1 unspecified atom stereocenters. The molecule has 0 aromatic heterocycles. The summed E-state index contributed by atoms with van der Waals surface area (Å²) in [6, 6.07) is 7.13. The SMILES string of the molecule is O=C(Nc1cccc(C(=O)N2CCCCC2)c1)C1CNCCO1. The van der Waals surface area contributed by atoms with E-state index >= 15 is 0 Å². The molecule has 2 amide bonds. The van der Waals surface area contributed by atoms with Crippen molar-refractivity contribution < 1.29 is 14.3 Å². The molecule has 0 aliphatic carbocycles. The van der Waals surface area contributed by atoms with Gasteiger partial charge in [0.25, 0.3) is 11.8 Å². The van der Waals surface area contributed by atoms with Gasteiger partial charge in [0.1, 0.15) is 6.10 Å². The van der Waals surface area contributed by atoms with Crippen LogP contribution in [0, 0.1) is 0 Å². The first-order valence-corrected chi connectivity index (χ1v) is 8.26. The van der Waals surface area contributed by atoms with E-state index in [4.69, 9.17) is 4.74 Å². The van der Waals surface area contributed by atoms with Gasteiger partial charge in [0.05, 0.1) is 6.61 Å². The Kier molecular flexibility index (Phi) is 5.25.